The van der Waals surface area contributed by atoms with E-state index in [1.54, 1.807) is 12.1 Å². The fourth-order valence-corrected chi connectivity index (χ4v) is 0.678. The number of hydrogen-bond donors (Lipinski definition) is 0. The Bertz CT molecular complexity index is 198. The number of benzene rings is 1. The fourth-order valence-electron chi connectivity index (χ4n) is 0.678. The molecule has 1 aliphatic rings. The summed E-state index contributed by atoms with van der Waals surface area (Å²) in [6, 6.07) is 7.22. The van der Waals surface area contributed by atoms with Crippen molar-refractivity contribution in [1.82, 2.24) is 0 Å². The van der Waals surface area contributed by atoms with Crippen LogP contribution in [0.1, 0.15) is 0 Å². The van der Waals surface area contributed by atoms with E-state index < -0.39 is 0 Å². The Morgan fingerprint density at radius 2 is 1.44 bits per heavy atom. The van der Waals surface area contributed by atoms with Gasteiger partial charge in [-0.1, -0.05) is 12.1 Å². The van der Waals surface area contributed by atoms with E-state index in [9.17, 15) is 0 Å². The molecular weight excluding hydrogens is 120 g/mol. The van der Waals surface area contributed by atoms with Crippen LogP contribution in [-0.2, 0) is 5.04 Å². The van der Waals surface area contributed by atoms with Crippen molar-refractivity contribution in [2.75, 3.05) is 0 Å². The van der Waals surface area contributed by atoms with Crippen molar-refractivity contribution in [2.24, 2.45) is 0 Å². The number of hydrogen-bond acceptors (Lipinski definition) is 3. The maximum absolute atomic E-state index is 4.58. The molecule has 0 aromatic heterocycles. The molecule has 9 heavy (non-hydrogen) atoms. The molecule has 2 rings (SSSR count). The lowest BCUT2D eigenvalue weighted by Gasteiger charge is -1.84. The molecule has 1 aliphatic heterocycles. The van der Waals surface area contributed by atoms with Crippen LogP contribution < -0.4 is 9.78 Å². The van der Waals surface area contributed by atoms with Gasteiger partial charge in [0.1, 0.15) is 0 Å². The first-order valence-electron chi connectivity index (χ1n) is 2.57. The van der Waals surface area contributed by atoms with Crippen molar-refractivity contribution in [1.29, 1.82) is 0 Å². The first-order chi connectivity index (χ1) is 4.47. The Kier molecular flexibility index (Phi) is 0.841. The van der Waals surface area contributed by atoms with Crippen molar-refractivity contribution in [3.63, 3.8) is 0 Å². The molecule has 1 aromatic carbocycles. The van der Waals surface area contributed by atoms with Gasteiger partial charge in [0.25, 0.3) is 0 Å². The van der Waals surface area contributed by atoms with E-state index in [-0.39, 0.29) is 0 Å². The quantitative estimate of drug-likeness (QED) is 0.488. The van der Waals surface area contributed by atoms with E-state index in [1.165, 1.54) is 0 Å². The van der Waals surface area contributed by atoms with E-state index in [0.29, 0.717) is 11.5 Å². The second-order valence-electron chi connectivity index (χ2n) is 1.68. The van der Waals surface area contributed by atoms with Crippen molar-refractivity contribution < 1.29 is 14.8 Å². The Hall–Kier alpha value is -1.22. The lowest BCUT2D eigenvalue weighted by atomic mass is 10.3. The topological polar surface area (TPSA) is 27.7 Å². The number of rotatable bonds is 0. The lowest BCUT2D eigenvalue weighted by Crippen LogP contribution is -1.87. The summed E-state index contributed by atoms with van der Waals surface area (Å²) < 4.78 is 0. The van der Waals surface area contributed by atoms with Gasteiger partial charge in [-0.2, -0.15) is 0 Å². The number of fused-ring (bicyclic) bond motifs is 1. The van der Waals surface area contributed by atoms with Gasteiger partial charge in [-0.25, -0.2) is 0 Å². The van der Waals surface area contributed by atoms with Crippen LogP contribution in [-0.4, -0.2) is 0 Å². The minimum atomic E-state index is 0.623. The molecule has 3 heteroatoms. The third kappa shape index (κ3) is 0.622. The second-order valence-corrected chi connectivity index (χ2v) is 1.68. The average Bonchev–Trinajstić information content (AvgIpc) is 2.33. The molecule has 0 radical (unpaired) electrons. The molecule has 0 bridgehead atoms. The average molecular weight is 124 g/mol. The third-order valence-corrected chi connectivity index (χ3v) is 1.10. The smallest absolute Gasteiger partial charge is 0.215 e. The first kappa shape index (κ1) is 4.64. The Labute approximate surface area is 51.6 Å². The Morgan fingerprint density at radius 1 is 0.889 bits per heavy atom. The Balaban J connectivity index is 2.54. The maximum atomic E-state index is 4.58. The van der Waals surface area contributed by atoms with Gasteiger partial charge in [0.2, 0.25) is 11.5 Å². The summed E-state index contributed by atoms with van der Waals surface area (Å²) in [5, 5.41) is 4.21. The summed E-state index contributed by atoms with van der Waals surface area (Å²) >= 11 is 0. The Morgan fingerprint density at radius 3 is 2.00 bits per heavy atom. The van der Waals surface area contributed by atoms with Gasteiger partial charge in [-0.15, -0.1) is 0 Å². The second kappa shape index (κ2) is 1.63. The van der Waals surface area contributed by atoms with E-state index in [2.05, 4.69) is 14.8 Å². The summed E-state index contributed by atoms with van der Waals surface area (Å²) in [5.74, 6) is 1.25. The molecule has 0 N–H and O–H groups in total. The number of para-hydroxylation sites is 2. The molecule has 46 valence electrons. The SMILES string of the molecule is c1ccc2c(c1)OOO2. The van der Waals surface area contributed by atoms with E-state index in [0.717, 1.165) is 0 Å². The minimum Gasteiger partial charge on any atom is -0.295 e. The molecule has 1 aromatic rings. The van der Waals surface area contributed by atoms with Gasteiger partial charge in [0.15, 0.2) is 0 Å². The molecule has 3 nitrogen and oxygen atoms in total. The van der Waals surface area contributed by atoms with Crippen molar-refractivity contribution >= 4 is 0 Å². The molecule has 0 saturated carbocycles. The van der Waals surface area contributed by atoms with Gasteiger partial charge in [-0.3, -0.25) is 9.78 Å². The summed E-state index contributed by atoms with van der Waals surface area (Å²) in [4.78, 5) is 9.15. The fraction of sp³-hybridized carbons (Fsp3) is 0. The van der Waals surface area contributed by atoms with Crippen LogP contribution in [0.5, 0.6) is 11.5 Å². The largest absolute Gasteiger partial charge is 0.295 e. The van der Waals surface area contributed by atoms with Crippen LogP contribution in [0.15, 0.2) is 24.3 Å². The van der Waals surface area contributed by atoms with Crippen LogP contribution in [0, 0.1) is 0 Å². The highest BCUT2D eigenvalue weighted by atomic mass is 17.5. The van der Waals surface area contributed by atoms with Crippen LogP contribution in [0.2, 0.25) is 0 Å². The highest BCUT2D eigenvalue weighted by Crippen LogP contribution is 2.30. The van der Waals surface area contributed by atoms with E-state index in [1.807, 2.05) is 12.1 Å². The zero-order chi connectivity index (χ0) is 6.10. The van der Waals surface area contributed by atoms with Crippen molar-refractivity contribution in [3.05, 3.63) is 24.3 Å². The lowest BCUT2D eigenvalue weighted by molar-refractivity contribution is -0.384. The maximum Gasteiger partial charge on any atom is 0.215 e. The molecule has 0 fully saturated rings. The molecule has 1 heterocycles. The van der Waals surface area contributed by atoms with Crippen LogP contribution in [0.25, 0.3) is 0 Å². The minimum absolute atomic E-state index is 0.623. The van der Waals surface area contributed by atoms with Gasteiger partial charge >= 0.3 is 0 Å². The molecule has 0 aliphatic carbocycles. The van der Waals surface area contributed by atoms with E-state index >= 15 is 0 Å². The zero-order valence-electron chi connectivity index (χ0n) is 4.53. The highest BCUT2D eigenvalue weighted by Gasteiger charge is 2.13. The summed E-state index contributed by atoms with van der Waals surface area (Å²) in [5.41, 5.74) is 0. The summed E-state index contributed by atoms with van der Waals surface area (Å²) in [6.45, 7) is 0. The molecule has 0 atom stereocenters. The molecule has 0 spiro atoms. The summed E-state index contributed by atoms with van der Waals surface area (Å²) in [7, 11) is 0. The van der Waals surface area contributed by atoms with Gasteiger partial charge in [-0.05, 0) is 12.1 Å². The molecule has 0 saturated heterocycles. The monoisotopic (exact) mass is 124 g/mol. The van der Waals surface area contributed by atoms with Gasteiger partial charge < -0.3 is 0 Å². The normalized spacial score (nSPS) is 13.8. The van der Waals surface area contributed by atoms with Crippen LogP contribution in [0.3, 0.4) is 0 Å². The highest BCUT2D eigenvalue weighted by molar-refractivity contribution is 5.39. The first-order valence-corrected chi connectivity index (χ1v) is 2.57. The van der Waals surface area contributed by atoms with Gasteiger partial charge in [0.05, 0.1) is 0 Å². The van der Waals surface area contributed by atoms with Gasteiger partial charge in [0, 0.05) is 5.04 Å². The van der Waals surface area contributed by atoms with Crippen molar-refractivity contribution in [2.45, 2.75) is 0 Å². The van der Waals surface area contributed by atoms with Crippen LogP contribution in [0.4, 0.5) is 0 Å². The standard InChI is InChI=1S/C6H4O3/c1-2-4-6-5(3-1)7-9-8-6/h1-4H. The van der Waals surface area contributed by atoms with Crippen molar-refractivity contribution in [3.8, 4) is 11.5 Å². The third-order valence-electron chi connectivity index (χ3n) is 1.10. The predicted octanol–water partition coefficient (Wildman–Crippen LogP) is 1.30. The van der Waals surface area contributed by atoms with Crippen LogP contribution >= 0.6 is 0 Å². The summed E-state index contributed by atoms with van der Waals surface area (Å²) in [6.07, 6.45) is 0. The predicted molar refractivity (Wildman–Crippen MR) is 28.8 cm³/mol. The zero-order valence-corrected chi connectivity index (χ0v) is 4.53. The molecule has 0 amide bonds. The van der Waals surface area contributed by atoms with E-state index in [4.69, 9.17) is 0 Å². The molecule has 0 unspecified atom stereocenters. The molecular formula is C6H4O3.